The molecule has 0 aromatic heterocycles. The molecule has 3 nitrogen and oxygen atoms in total. The van der Waals surface area contributed by atoms with E-state index in [0.29, 0.717) is 6.61 Å². The summed E-state index contributed by atoms with van der Waals surface area (Å²) in [5.41, 5.74) is 6.95. The van der Waals surface area contributed by atoms with Crippen molar-refractivity contribution in [3.8, 4) is 6.07 Å². The lowest BCUT2D eigenvalue weighted by Gasteiger charge is -2.31. The third-order valence-electron chi connectivity index (χ3n) is 2.69. The number of rotatable bonds is 0. The molecule has 2 heterocycles. The van der Waals surface area contributed by atoms with Gasteiger partial charge in [0.1, 0.15) is 0 Å². The molecule has 0 amide bonds. The number of nitrogens with two attached hydrogens (primary N) is 1. The third kappa shape index (κ3) is 1.56. The van der Waals surface area contributed by atoms with Crippen molar-refractivity contribution in [1.82, 2.24) is 0 Å². The predicted octanol–water partition coefficient (Wildman–Crippen LogP) is 1.61. The normalized spacial score (nSPS) is 35.3. The van der Waals surface area contributed by atoms with Crippen molar-refractivity contribution >= 4 is 11.8 Å². The molecule has 0 aromatic rings. The topological polar surface area (TPSA) is 59.0 Å². The maximum Gasteiger partial charge on any atom is 0.0933 e. The summed E-state index contributed by atoms with van der Waals surface area (Å²) in [4.78, 5) is 1.18. The minimum atomic E-state index is -0.140. The molecule has 0 radical (unpaired) electrons. The maximum absolute atomic E-state index is 9.03. The fraction of sp³-hybridized carbons (Fsp3) is 0.700. The van der Waals surface area contributed by atoms with Gasteiger partial charge in [0.15, 0.2) is 0 Å². The number of hydrogen-bond donors (Lipinski definition) is 1. The highest BCUT2D eigenvalue weighted by molar-refractivity contribution is 8.04. The van der Waals surface area contributed by atoms with Gasteiger partial charge in [-0.1, -0.05) is 0 Å². The lowest BCUT2D eigenvalue weighted by molar-refractivity contribution is -0.0121. The summed E-state index contributed by atoms with van der Waals surface area (Å²) in [7, 11) is 0. The molecule has 0 saturated heterocycles. The summed E-state index contributed by atoms with van der Waals surface area (Å²) in [6.07, 6.45) is 0.835. The lowest BCUT2D eigenvalue weighted by atomic mass is 9.88. The average Bonchev–Trinajstić information content (AvgIpc) is 2.39. The van der Waals surface area contributed by atoms with Crippen molar-refractivity contribution in [2.45, 2.75) is 31.2 Å². The molecular weight excluding hydrogens is 196 g/mol. The zero-order valence-corrected chi connectivity index (χ0v) is 9.23. The highest BCUT2D eigenvalue weighted by Crippen LogP contribution is 2.46. The second kappa shape index (κ2) is 3.27. The van der Waals surface area contributed by atoms with E-state index in [9.17, 15) is 0 Å². The molecule has 2 unspecified atom stereocenters. The number of ether oxygens (including phenoxy) is 1. The molecule has 2 aliphatic rings. The van der Waals surface area contributed by atoms with Gasteiger partial charge in [-0.3, -0.25) is 0 Å². The van der Waals surface area contributed by atoms with Crippen molar-refractivity contribution in [2.24, 2.45) is 11.7 Å². The minimum absolute atomic E-state index is 0.0949. The highest BCUT2D eigenvalue weighted by Gasteiger charge is 2.39. The standard InChI is InChI=1S/C10H14N2OS/c1-10(2)3-6-7(4-11)9(12)14-8(6)5-13-10/h7,9H,3,5,12H2,1-2H3. The Morgan fingerprint density at radius 2 is 2.36 bits per heavy atom. The van der Waals surface area contributed by atoms with E-state index in [1.54, 1.807) is 11.8 Å². The molecule has 0 fully saturated rings. The van der Waals surface area contributed by atoms with Gasteiger partial charge >= 0.3 is 0 Å². The molecule has 14 heavy (non-hydrogen) atoms. The summed E-state index contributed by atoms with van der Waals surface area (Å²) in [6.45, 7) is 4.73. The quantitative estimate of drug-likeness (QED) is 0.660. The molecule has 0 aliphatic carbocycles. The molecular formula is C10H14N2OS. The van der Waals surface area contributed by atoms with Crippen LogP contribution in [0.4, 0.5) is 0 Å². The van der Waals surface area contributed by atoms with Gasteiger partial charge in [-0.2, -0.15) is 5.26 Å². The summed E-state index contributed by atoms with van der Waals surface area (Å²) < 4.78 is 5.68. The fourth-order valence-electron chi connectivity index (χ4n) is 1.94. The van der Waals surface area contributed by atoms with Crippen LogP contribution in [-0.4, -0.2) is 17.6 Å². The van der Waals surface area contributed by atoms with Crippen molar-refractivity contribution < 1.29 is 4.74 Å². The second-order valence-corrected chi connectivity index (χ2v) is 5.64. The van der Waals surface area contributed by atoms with Crippen LogP contribution in [0.1, 0.15) is 20.3 Å². The van der Waals surface area contributed by atoms with E-state index in [0.717, 1.165) is 6.42 Å². The number of nitrogens with zero attached hydrogens (tertiary/aromatic N) is 1. The van der Waals surface area contributed by atoms with Crippen LogP contribution in [0.2, 0.25) is 0 Å². The Kier molecular flexibility index (Phi) is 2.34. The first kappa shape index (κ1) is 10.0. The van der Waals surface area contributed by atoms with Gasteiger partial charge in [0.05, 0.1) is 29.6 Å². The minimum Gasteiger partial charge on any atom is -0.370 e. The molecule has 2 atom stereocenters. The number of nitriles is 1. The molecule has 0 aromatic carbocycles. The van der Waals surface area contributed by atoms with Crippen molar-refractivity contribution in [3.05, 3.63) is 10.5 Å². The van der Waals surface area contributed by atoms with Gasteiger partial charge in [-0.05, 0) is 25.8 Å². The molecule has 0 spiro atoms. The molecule has 2 aliphatic heterocycles. The number of thioether (sulfide) groups is 1. The van der Waals surface area contributed by atoms with E-state index in [2.05, 4.69) is 19.9 Å². The Morgan fingerprint density at radius 1 is 1.64 bits per heavy atom. The first-order chi connectivity index (χ1) is 6.53. The maximum atomic E-state index is 9.03. The highest BCUT2D eigenvalue weighted by atomic mass is 32.2. The number of hydrogen-bond acceptors (Lipinski definition) is 4. The van der Waals surface area contributed by atoms with Crippen LogP contribution in [0.15, 0.2) is 10.5 Å². The van der Waals surface area contributed by atoms with Crippen LogP contribution >= 0.6 is 11.8 Å². The second-order valence-electron chi connectivity index (χ2n) is 4.36. The zero-order chi connectivity index (χ0) is 10.3. The monoisotopic (exact) mass is 210 g/mol. The average molecular weight is 210 g/mol. The summed E-state index contributed by atoms with van der Waals surface area (Å²) in [6, 6.07) is 2.29. The summed E-state index contributed by atoms with van der Waals surface area (Å²) >= 11 is 1.59. The van der Waals surface area contributed by atoms with Crippen LogP contribution in [-0.2, 0) is 4.74 Å². The van der Waals surface area contributed by atoms with E-state index in [4.69, 9.17) is 15.7 Å². The van der Waals surface area contributed by atoms with Gasteiger partial charge in [0.2, 0.25) is 0 Å². The van der Waals surface area contributed by atoms with E-state index in [-0.39, 0.29) is 16.9 Å². The van der Waals surface area contributed by atoms with Gasteiger partial charge in [0.25, 0.3) is 0 Å². The fourth-order valence-corrected chi connectivity index (χ4v) is 3.10. The molecule has 4 heteroatoms. The van der Waals surface area contributed by atoms with E-state index in [1.165, 1.54) is 10.5 Å². The van der Waals surface area contributed by atoms with E-state index < -0.39 is 0 Å². The van der Waals surface area contributed by atoms with Crippen LogP contribution < -0.4 is 5.73 Å². The van der Waals surface area contributed by atoms with Gasteiger partial charge in [-0.15, -0.1) is 11.8 Å². The van der Waals surface area contributed by atoms with Crippen molar-refractivity contribution in [3.63, 3.8) is 0 Å². The molecule has 0 bridgehead atoms. The summed E-state index contributed by atoms with van der Waals surface area (Å²) in [5, 5.41) is 8.93. The SMILES string of the molecule is CC1(C)CC2=C(CO1)SC(N)C2C#N. The first-order valence-corrected chi connectivity index (χ1v) is 5.59. The van der Waals surface area contributed by atoms with Gasteiger partial charge < -0.3 is 10.5 Å². The smallest absolute Gasteiger partial charge is 0.0933 e. The van der Waals surface area contributed by atoms with Crippen molar-refractivity contribution in [2.75, 3.05) is 6.61 Å². The third-order valence-corrected chi connectivity index (χ3v) is 3.90. The largest absolute Gasteiger partial charge is 0.370 e. The predicted molar refractivity (Wildman–Crippen MR) is 56.3 cm³/mol. The van der Waals surface area contributed by atoms with Crippen LogP contribution in [0.25, 0.3) is 0 Å². The van der Waals surface area contributed by atoms with Crippen LogP contribution in [0.3, 0.4) is 0 Å². The molecule has 2 N–H and O–H groups in total. The molecule has 76 valence electrons. The van der Waals surface area contributed by atoms with Crippen molar-refractivity contribution in [1.29, 1.82) is 5.26 Å². The Labute approximate surface area is 88.3 Å². The molecule has 0 saturated carbocycles. The van der Waals surface area contributed by atoms with E-state index >= 15 is 0 Å². The summed E-state index contributed by atoms with van der Waals surface area (Å²) in [5.74, 6) is -0.113. The Bertz CT molecular complexity index is 330. The van der Waals surface area contributed by atoms with E-state index in [1.807, 2.05) is 0 Å². The lowest BCUT2D eigenvalue weighted by Crippen LogP contribution is -2.31. The van der Waals surface area contributed by atoms with Crippen LogP contribution in [0, 0.1) is 17.2 Å². The van der Waals surface area contributed by atoms with Gasteiger partial charge in [-0.25, -0.2) is 0 Å². The Morgan fingerprint density at radius 3 is 3.00 bits per heavy atom. The first-order valence-electron chi connectivity index (χ1n) is 4.71. The Balaban J connectivity index is 2.27. The Hall–Kier alpha value is -0.500. The van der Waals surface area contributed by atoms with Gasteiger partial charge in [0, 0.05) is 4.91 Å². The van der Waals surface area contributed by atoms with Crippen LogP contribution in [0.5, 0.6) is 0 Å². The zero-order valence-electron chi connectivity index (χ0n) is 8.41. The molecule has 2 rings (SSSR count).